The van der Waals surface area contributed by atoms with Crippen LogP contribution in [-0.4, -0.2) is 48.8 Å². The summed E-state index contributed by atoms with van der Waals surface area (Å²) in [6.07, 6.45) is 4.60. The molecule has 2 N–H and O–H groups in total. The second-order valence-electron chi connectivity index (χ2n) is 9.78. The first kappa shape index (κ1) is 21.5. The zero-order valence-corrected chi connectivity index (χ0v) is 19.7. The second-order valence-corrected chi connectivity index (χ2v) is 9.78. The molecule has 7 heteroatoms. The number of fused-ring (bicyclic) bond motifs is 2. The van der Waals surface area contributed by atoms with Crippen LogP contribution in [0.25, 0.3) is 27.8 Å². The summed E-state index contributed by atoms with van der Waals surface area (Å²) in [5.41, 5.74) is 8.09. The van der Waals surface area contributed by atoms with Gasteiger partial charge in [0.2, 0.25) is 0 Å². The maximum absolute atomic E-state index is 11.3. The van der Waals surface area contributed by atoms with Crippen LogP contribution in [0.3, 0.4) is 0 Å². The molecule has 1 aromatic carbocycles. The summed E-state index contributed by atoms with van der Waals surface area (Å²) in [5, 5.41) is 14.9. The number of benzene rings is 1. The first-order chi connectivity index (χ1) is 15.8. The Morgan fingerprint density at radius 3 is 2.55 bits per heavy atom. The van der Waals surface area contributed by atoms with E-state index >= 15 is 0 Å². The first-order valence-corrected chi connectivity index (χ1v) is 11.8. The van der Waals surface area contributed by atoms with Crippen molar-refractivity contribution in [2.75, 3.05) is 13.1 Å². The molecule has 1 aliphatic rings. The highest BCUT2D eigenvalue weighted by Crippen LogP contribution is 2.39. The number of aromatic amines is 1. The van der Waals surface area contributed by atoms with Gasteiger partial charge in [0.25, 0.3) is 0 Å². The highest BCUT2D eigenvalue weighted by molar-refractivity contribution is 5.92. The lowest BCUT2D eigenvalue weighted by atomic mass is 9.87. The van der Waals surface area contributed by atoms with Crippen LogP contribution < -0.4 is 0 Å². The Labute approximate surface area is 193 Å². The van der Waals surface area contributed by atoms with Crippen molar-refractivity contribution in [3.05, 3.63) is 53.5 Å². The molecule has 7 nitrogen and oxygen atoms in total. The van der Waals surface area contributed by atoms with E-state index in [-0.39, 0.29) is 0 Å². The highest BCUT2D eigenvalue weighted by Gasteiger charge is 2.25. The Morgan fingerprint density at radius 2 is 1.88 bits per heavy atom. The molecule has 0 radical (unpaired) electrons. The standard InChI is InChI=1S/C26H31N5O2/c1-15(2)20-12-19(13-31-25(20)27-14-28-31)24-23(16(3)4)21-11-18(5-6-22(21)29-24)17-7-9-30(10-8-17)26(32)33/h5-6,11-17,29H,7-10H2,1-4H3,(H,32,33). The molecule has 1 saturated heterocycles. The lowest BCUT2D eigenvalue weighted by Gasteiger charge is -2.30. The number of piperidine rings is 1. The summed E-state index contributed by atoms with van der Waals surface area (Å²) in [6.45, 7) is 10.0. The molecular formula is C26H31N5O2. The number of likely N-dealkylation sites (tertiary alicyclic amines) is 1. The van der Waals surface area contributed by atoms with E-state index < -0.39 is 6.09 Å². The van der Waals surface area contributed by atoms with Crippen molar-refractivity contribution in [2.24, 2.45) is 0 Å². The van der Waals surface area contributed by atoms with Gasteiger partial charge in [-0.2, -0.15) is 5.10 Å². The topological polar surface area (TPSA) is 86.5 Å². The smallest absolute Gasteiger partial charge is 0.407 e. The van der Waals surface area contributed by atoms with Gasteiger partial charge in [-0.1, -0.05) is 33.8 Å². The van der Waals surface area contributed by atoms with Gasteiger partial charge in [-0.3, -0.25) is 0 Å². The predicted octanol–water partition coefficient (Wildman–Crippen LogP) is 5.98. The van der Waals surface area contributed by atoms with Gasteiger partial charge in [0.1, 0.15) is 6.33 Å². The molecule has 1 fully saturated rings. The number of pyridine rings is 1. The van der Waals surface area contributed by atoms with Crippen molar-refractivity contribution in [1.82, 2.24) is 24.5 Å². The van der Waals surface area contributed by atoms with Gasteiger partial charge in [0.05, 0.1) is 5.69 Å². The van der Waals surface area contributed by atoms with Gasteiger partial charge < -0.3 is 15.0 Å². The molecule has 5 rings (SSSR count). The largest absolute Gasteiger partial charge is 0.465 e. The molecular weight excluding hydrogens is 414 g/mol. The van der Waals surface area contributed by atoms with Crippen molar-refractivity contribution < 1.29 is 9.90 Å². The van der Waals surface area contributed by atoms with E-state index in [1.54, 1.807) is 6.33 Å². The minimum absolute atomic E-state index is 0.340. The van der Waals surface area contributed by atoms with Crippen molar-refractivity contribution in [2.45, 2.75) is 58.3 Å². The number of H-pyrrole nitrogens is 1. The normalized spacial score (nSPS) is 15.4. The first-order valence-electron chi connectivity index (χ1n) is 11.8. The van der Waals surface area contributed by atoms with Gasteiger partial charge in [-0.25, -0.2) is 14.3 Å². The molecule has 0 spiro atoms. The van der Waals surface area contributed by atoms with Crippen LogP contribution in [0.15, 0.2) is 36.8 Å². The van der Waals surface area contributed by atoms with Gasteiger partial charge in [0, 0.05) is 41.3 Å². The maximum Gasteiger partial charge on any atom is 0.407 e. The summed E-state index contributed by atoms with van der Waals surface area (Å²) >= 11 is 0. The fourth-order valence-electron chi connectivity index (χ4n) is 5.23. The zero-order valence-electron chi connectivity index (χ0n) is 19.7. The van der Waals surface area contributed by atoms with Crippen LogP contribution in [0.4, 0.5) is 4.79 Å². The van der Waals surface area contributed by atoms with Gasteiger partial charge in [-0.15, -0.1) is 0 Å². The van der Waals surface area contributed by atoms with E-state index in [1.807, 2.05) is 4.52 Å². The molecule has 0 saturated carbocycles. The number of rotatable bonds is 4. The van der Waals surface area contributed by atoms with E-state index in [0.29, 0.717) is 30.8 Å². The zero-order chi connectivity index (χ0) is 23.3. The third-order valence-electron chi connectivity index (χ3n) is 6.99. The van der Waals surface area contributed by atoms with E-state index in [4.69, 9.17) is 0 Å². The molecule has 0 atom stereocenters. The molecule has 3 aromatic heterocycles. The molecule has 172 valence electrons. The Kier molecular flexibility index (Phi) is 5.35. The Hall–Kier alpha value is -3.35. The number of amides is 1. The molecule has 0 unspecified atom stereocenters. The fourth-order valence-corrected chi connectivity index (χ4v) is 5.23. The highest BCUT2D eigenvalue weighted by atomic mass is 16.4. The maximum atomic E-state index is 11.3. The molecule has 33 heavy (non-hydrogen) atoms. The van der Waals surface area contributed by atoms with Crippen molar-refractivity contribution in [3.63, 3.8) is 0 Å². The van der Waals surface area contributed by atoms with Gasteiger partial charge >= 0.3 is 6.09 Å². The lowest BCUT2D eigenvalue weighted by Crippen LogP contribution is -2.36. The van der Waals surface area contributed by atoms with E-state index in [9.17, 15) is 9.90 Å². The third kappa shape index (κ3) is 3.75. The Morgan fingerprint density at radius 1 is 1.12 bits per heavy atom. The van der Waals surface area contributed by atoms with Crippen LogP contribution in [0.5, 0.6) is 0 Å². The van der Waals surface area contributed by atoms with Crippen molar-refractivity contribution >= 4 is 22.6 Å². The number of hydrogen-bond acceptors (Lipinski definition) is 3. The van der Waals surface area contributed by atoms with Crippen LogP contribution in [0.2, 0.25) is 0 Å². The second kappa shape index (κ2) is 8.21. The predicted molar refractivity (Wildman–Crippen MR) is 130 cm³/mol. The molecule has 1 aliphatic heterocycles. The van der Waals surface area contributed by atoms with E-state index in [0.717, 1.165) is 35.3 Å². The summed E-state index contributed by atoms with van der Waals surface area (Å²) in [4.78, 5) is 20.9. The van der Waals surface area contributed by atoms with Crippen LogP contribution in [0, 0.1) is 0 Å². The lowest BCUT2D eigenvalue weighted by molar-refractivity contribution is 0.132. The quantitative estimate of drug-likeness (QED) is 0.404. The fraction of sp³-hybridized carbons (Fsp3) is 0.423. The third-order valence-corrected chi connectivity index (χ3v) is 6.99. The summed E-state index contributed by atoms with van der Waals surface area (Å²) in [6, 6.07) is 8.95. The average Bonchev–Trinajstić information content (AvgIpc) is 3.42. The van der Waals surface area contributed by atoms with E-state index in [2.05, 4.69) is 73.2 Å². The van der Waals surface area contributed by atoms with Gasteiger partial charge in [0.15, 0.2) is 5.65 Å². The number of nitrogens with one attached hydrogen (secondary N) is 1. The minimum Gasteiger partial charge on any atom is -0.465 e. The number of carbonyl (C=O) groups is 1. The average molecular weight is 446 g/mol. The number of carboxylic acid groups (broad SMARTS) is 1. The van der Waals surface area contributed by atoms with Crippen LogP contribution >= 0.6 is 0 Å². The molecule has 4 aromatic rings. The number of hydrogen-bond donors (Lipinski definition) is 2. The van der Waals surface area contributed by atoms with Gasteiger partial charge in [-0.05, 0) is 59.9 Å². The van der Waals surface area contributed by atoms with Crippen molar-refractivity contribution in [3.8, 4) is 11.3 Å². The minimum atomic E-state index is -0.814. The van der Waals surface area contributed by atoms with Crippen LogP contribution in [-0.2, 0) is 0 Å². The van der Waals surface area contributed by atoms with E-state index in [1.165, 1.54) is 27.0 Å². The summed E-state index contributed by atoms with van der Waals surface area (Å²) < 4.78 is 1.88. The number of nitrogens with zero attached hydrogens (tertiary/aromatic N) is 4. The molecule has 0 bridgehead atoms. The monoisotopic (exact) mass is 445 g/mol. The van der Waals surface area contributed by atoms with Crippen molar-refractivity contribution in [1.29, 1.82) is 0 Å². The Balaban J connectivity index is 1.59. The Bertz CT molecular complexity index is 1330. The SMILES string of the molecule is CC(C)c1c(-c2cc(C(C)C)c3ncnn3c2)[nH]c2ccc(C3CCN(C(=O)O)CC3)cc12. The molecule has 1 amide bonds. The molecule has 4 heterocycles. The summed E-state index contributed by atoms with van der Waals surface area (Å²) in [5.74, 6) is 1.07. The van der Waals surface area contributed by atoms with Crippen LogP contribution in [0.1, 0.15) is 75.0 Å². The molecule has 0 aliphatic carbocycles. The number of aromatic nitrogens is 4. The summed E-state index contributed by atoms with van der Waals surface area (Å²) in [7, 11) is 0.